The van der Waals surface area contributed by atoms with E-state index in [0.29, 0.717) is 20.3 Å². The highest BCUT2D eigenvalue weighted by atomic mass is 79.9. The molecule has 0 spiro atoms. The molecule has 0 aliphatic carbocycles. The van der Waals surface area contributed by atoms with Gasteiger partial charge in [0.2, 0.25) is 0 Å². The predicted octanol–water partition coefficient (Wildman–Crippen LogP) is 5.11. The third-order valence-corrected chi connectivity index (χ3v) is 4.98. The standard InChI is InChI=1S/C21H16Br2N2O3/c22-18-10-14(11-19(23)21(18)27)12-24-25-20(26)13-28-17-8-6-16(7-9-17)15-4-2-1-3-5-15/h1-12,27H,13H2,(H,25,26)/b24-12+. The minimum absolute atomic E-state index is 0.105. The Bertz CT molecular complexity index is 967. The van der Waals surface area contributed by atoms with Crippen molar-refractivity contribution < 1.29 is 14.6 Å². The van der Waals surface area contributed by atoms with Crippen molar-refractivity contribution in [3.05, 3.63) is 81.2 Å². The molecular formula is C21H16Br2N2O3. The van der Waals surface area contributed by atoms with Crippen LogP contribution in [0.25, 0.3) is 11.1 Å². The third-order valence-electron chi connectivity index (χ3n) is 3.77. The van der Waals surface area contributed by atoms with E-state index in [0.717, 1.165) is 11.1 Å². The van der Waals surface area contributed by atoms with Crippen molar-refractivity contribution in [3.63, 3.8) is 0 Å². The number of rotatable bonds is 6. The summed E-state index contributed by atoms with van der Waals surface area (Å²) in [6.45, 7) is -0.148. The Morgan fingerprint density at radius 2 is 1.61 bits per heavy atom. The smallest absolute Gasteiger partial charge is 0.277 e. The van der Waals surface area contributed by atoms with E-state index in [4.69, 9.17) is 4.74 Å². The molecule has 0 unspecified atom stereocenters. The summed E-state index contributed by atoms with van der Waals surface area (Å²) in [6, 6.07) is 20.9. The number of hydrazone groups is 1. The molecule has 3 aromatic carbocycles. The number of phenols is 1. The van der Waals surface area contributed by atoms with E-state index < -0.39 is 0 Å². The summed E-state index contributed by atoms with van der Waals surface area (Å²) in [4.78, 5) is 11.9. The molecule has 142 valence electrons. The quantitative estimate of drug-likeness (QED) is 0.362. The van der Waals surface area contributed by atoms with Crippen LogP contribution < -0.4 is 10.2 Å². The summed E-state index contributed by atoms with van der Waals surface area (Å²) in [6.07, 6.45) is 1.47. The van der Waals surface area contributed by atoms with Gasteiger partial charge in [-0.05, 0) is 72.8 Å². The molecule has 0 bridgehead atoms. The van der Waals surface area contributed by atoms with Crippen LogP contribution in [-0.4, -0.2) is 23.8 Å². The fourth-order valence-corrected chi connectivity index (χ4v) is 3.62. The normalized spacial score (nSPS) is 10.8. The highest BCUT2D eigenvalue weighted by Crippen LogP contribution is 2.32. The van der Waals surface area contributed by atoms with Crippen molar-refractivity contribution in [1.29, 1.82) is 0 Å². The maximum absolute atomic E-state index is 11.9. The Hall–Kier alpha value is -2.64. The summed E-state index contributed by atoms with van der Waals surface area (Å²) in [5.74, 6) is 0.332. The Morgan fingerprint density at radius 1 is 1.00 bits per heavy atom. The highest BCUT2D eigenvalue weighted by Gasteiger charge is 2.05. The van der Waals surface area contributed by atoms with Crippen LogP contribution >= 0.6 is 31.9 Å². The van der Waals surface area contributed by atoms with Crippen LogP contribution in [0.4, 0.5) is 0 Å². The van der Waals surface area contributed by atoms with Crippen molar-refractivity contribution in [2.45, 2.75) is 0 Å². The molecule has 2 N–H and O–H groups in total. The largest absolute Gasteiger partial charge is 0.506 e. The van der Waals surface area contributed by atoms with Crippen LogP contribution in [0.2, 0.25) is 0 Å². The molecule has 7 heteroatoms. The molecule has 3 aromatic rings. The Morgan fingerprint density at radius 3 is 2.25 bits per heavy atom. The van der Waals surface area contributed by atoms with Gasteiger partial charge in [-0.2, -0.15) is 5.10 Å². The van der Waals surface area contributed by atoms with Crippen LogP contribution in [0.15, 0.2) is 80.8 Å². The van der Waals surface area contributed by atoms with Crippen molar-refractivity contribution in [2.75, 3.05) is 6.61 Å². The molecule has 28 heavy (non-hydrogen) atoms. The topological polar surface area (TPSA) is 70.9 Å². The predicted molar refractivity (Wildman–Crippen MR) is 117 cm³/mol. The van der Waals surface area contributed by atoms with E-state index in [1.54, 1.807) is 12.1 Å². The number of hydrogen-bond donors (Lipinski definition) is 2. The molecule has 0 aromatic heterocycles. The lowest BCUT2D eigenvalue weighted by molar-refractivity contribution is -0.123. The molecule has 0 atom stereocenters. The van der Waals surface area contributed by atoms with Crippen LogP contribution in [0.3, 0.4) is 0 Å². The van der Waals surface area contributed by atoms with Crippen molar-refractivity contribution >= 4 is 44.0 Å². The monoisotopic (exact) mass is 502 g/mol. The van der Waals surface area contributed by atoms with Gasteiger partial charge >= 0.3 is 0 Å². The summed E-state index contributed by atoms with van der Waals surface area (Å²) >= 11 is 6.48. The zero-order valence-corrected chi connectivity index (χ0v) is 17.8. The van der Waals surface area contributed by atoms with E-state index in [2.05, 4.69) is 42.4 Å². The molecule has 0 fully saturated rings. The van der Waals surface area contributed by atoms with Gasteiger partial charge in [0, 0.05) is 0 Å². The van der Waals surface area contributed by atoms with E-state index in [1.807, 2.05) is 54.6 Å². The minimum Gasteiger partial charge on any atom is -0.506 e. The van der Waals surface area contributed by atoms with Crippen molar-refractivity contribution in [2.24, 2.45) is 5.10 Å². The number of hydrogen-bond acceptors (Lipinski definition) is 4. The number of nitrogens with zero attached hydrogens (tertiary/aromatic N) is 1. The van der Waals surface area contributed by atoms with E-state index >= 15 is 0 Å². The molecule has 0 heterocycles. The van der Waals surface area contributed by atoms with Crippen molar-refractivity contribution in [3.8, 4) is 22.6 Å². The fraction of sp³-hybridized carbons (Fsp3) is 0.0476. The number of carbonyl (C=O) groups excluding carboxylic acids is 1. The van der Waals surface area contributed by atoms with E-state index in [-0.39, 0.29) is 18.3 Å². The Balaban J connectivity index is 1.50. The lowest BCUT2D eigenvalue weighted by atomic mass is 10.1. The van der Waals surface area contributed by atoms with Crippen molar-refractivity contribution in [1.82, 2.24) is 5.43 Å². The molecule has 0 radical (unpaired) electrons. The zero-order valence-electron chi connectivity index (χ0n) is 14.6. The van der Waals surface area contributed by atoms with Gasteiger partial charge in [-0.15, -0.1) is 0 Å². The summed E-state index contributed by atoms with van der Waals surface area (Å²) in [7, 11) is 0. The maximum atomic E-state index is 11.9. The number of aromatic hydroxyl groups is 1. The van der Waals surface area contributed by atoms with Crippen LogP contribution in [0.1, 0.15) is 5.56 Å². The average molecular weight is 504 g/mol. The van der Waals surface area contributed by atoms with Crippen LogP contribution in [0, 0.1) is 0 Å². The first-order valence-corrected chi connectivity index (χ1v) is 9.90. The second-order valence-corrected chi connectivity index (χ2v) is 7.51. The number of carbonyl (C=O) groups is 1. The second kappa shape index (κ2) is 9.52. The van der Waals surface area contributed by atoms with Crippen LogP contribution in [0.5, 0.6) is 11.5 Å². The van der Waals surface area contributed by atoms with E-state index in [9.17, 15) is 9.90 Å². The highest BCUT2D eigenvalue weighted by molar-refractivity contribution is 9.11. The molecule has 0 aliphatic rings. The molecule has 0 aliphatic heterocycles. The first kappa shape index (κ1) is 20.1. The molecular weight excluding hydrogens is 488 g/mol. The number of halogens is 2. The summed E-state index contributed by atoms with van der Waals surface area (Å²) in [5.41, 5.74) is 5.30. The van der Waals surface area contributed by atoms with Crippen LogP contribution in [-0.2, 0) is 4.79 Å². The summed E-state index contributed by atoms with van der Waals surface area (Å²) < 4.78 is 6.53. The van der Waals surface area contributed by atoms with Gasteiger partial charge in [0.05, 0.1) is 15.2 Å². The number of ether oxygens (including phenoxy) is 1. The number of amides is 1. The first-order valence-electron chi connectivity index (χ1n) is 8.31. The second-order valence-electron chi connectivity index (χ2n) is 5.81. The maximum Gasteiger partial charge on any atom is 0.277 e. The van der Waals surface area contributed by atoms with Gasteiger partial charge < -0.3 is 9.84 Å². The molecule has 3 rings (SSSR count). The Labute approximate surface area is 179 Å². The molecule has 5 nitrogen and oxygen atoms in total. The van der Waals surface area contributed by atoms with Gasteiger partial charge in [-0.3, -0.25) is 4.79 Å². The molecule has 0 saturated carbocycles. The number of phenolic OH excluding ortho intramolecular Hbond substituents is 1. The van der Waals surface area contributed by atoms with Gasteiger partial charge in [-0.1, -0.05) is 42.5 Å². The fourth-order valence-electron chi connectivity index (χ4n) is 2.39. The summed E-state index contributed by atoms with van der Waals surface area (Å²) in [5, 5.41) is 13.6. The zero-order chi connectivity index (χ0) is 19.9. The van der Waals surface area contributed by atoms with E-state index in [1.165, 1.54) is 6.21 Å². The molecule has 0 saturated heterocycles. The van der Waals surface area contributed by atoms with Gasteiger partial charge in [0.25, 0.3) is 5.91 Å². The Kier molecular flexibility index (Phi) is 6.84. The number of nitrogens with one attached hydrogen (secondary N) is 1. The lowest BCUT2D eigenvalue weighted by Gasteiger charge is -2.07. The van der Waals surface area contributed by atoms with Gasteiger partial charge in [0.15, 0.2) is 6.61 Å². The first-order chi connectivity index (χ1) is 13.5. The lowest BCUT2D eigenvalue weighted by Crippen LogP contribution is -2.24. The third kappa shape index (κ3) is 5.43. The number of benzene rings is 3. The van der Waals surface area contributed by atoms with Gasteiger partial charge in [0.1, 0.15) is 11.5 Å². The van der Waals surface area contributed by atoms with Gasteiger partial charge in [-0.25, -0.2) is 5.43 Å². The average Bonchev–Trinajstić information content (AvgIpc) is 2.71. The SMILES string of the molecule is O=C(COc1ccc(-c2ccccc2)cc1)N/N=C/c1cc(Br)c(O)c(Br)c1. The minimum atomic E-state index is -0.375. The molecule has 1 amide bonds.